The van der Waals surface area contributed by atoms with E-state index in [1.807, 2.05) is 44.2 Å². The molecule has 0 rings (SSSR count). The first-order valence-corrected chi connectivity index (χ1v) is 3.90. The predicted molar refractivity (Wildman–Crippen MR) is 52.5 cm³/mol. The summed E-state index contributed by atoms with van der Waals surface area (Å²) in [5.74, 6) is 0. The molecule has 0 spiro atoms. The summed E-state index contributed by atoms with van der Waals surface area (Å²) in [7, 11) is 0. The van der Waals surface area contributed by atoms with Crippen molar-refractivity contribution in [2.45, 2.75) is 20.8 Å². The average molecular weight is 148 g/mol. The highest BCUT2D eigenvalue weighted by Gasteiger charge is 1.74. The highest BCUT2D eigenvalue weighted by Crippen LogP contribution is 1.95. The molecule has 60 valence electrons. The summed E-state index contributed by atoms with van der Waals surface area (Å²) < 4.78 is 0. The Labute approximate surface area is 69.6 Å². The molecule has 0 heteroatoms. The van der Waals surface area contributed by atoms with Crippen molar-refractivity contribution in [2.75, 3.05) is 0 Å². The minimum absolute atomic E-state index is 1.27. The Morgan fingerprint density at radius 2 is 1.55 bits per heavy atom. The first-order chi connectivity index (χ1) is 5.31. The van der Waals surface area contributed by atoms with Crippen molar-refractivity contribution < 1.29 is 0 Å². The second-order valence-electron chi connectivity index (χ2n) is 2.32. The molecule has 0 aromatic carbocycles. The van der Waals surface area contributed by atoms with Gasteiger partial charge in [-0.15, -0.1) is 0 Å². The minimum Gasteiger partial charge on any atom is -0.0877 e. The summed E-state index contributed by atoms with van der Waals surface area (Å²) in [6.45, 7) is 6.11. The number of hydrogen-bond donors (Lipinski definition) is 0. The Bertz CT molecular complexity index is 190. The lowest BCUT2D eigenvalue weighted by molar-refractivity contribution is 1.51. The zero-order valence-electron chi connectivity index (χ0n) is 7.54. The Morgan fingerprint density at radius 1 is 0.909 bits per heavy atom. The highest BCUT2D eigenvalue weighted by atomic mass is 13.8. The molecule has 0 saturated carbocycles. The molecule has 0 fully saturated rings. The Balaban J connectivity index is 3.94. The largest absolute Gasteiger partial charge is 0.0877 e. The minimum atomic E-state index is 1.27. The standard InChI is InChI=1S/C11H16/c1-4-6-8-10-11(3)9-7-5-2/h4-10H,1-3H3/b6-4-,7-5-,10-8-,11-9+. The summed E-state index contributed by atoms with van der Waals surface area (Å²) in [6.07, 6.45) is 14.3. The summed E-state index contributed by atoms with van der Waals surface area (Å²) in [5, 5.41) is 0. The number of rotatable bonds is 3. The van der Waals surface area contributed by atoms with Gasteiger partial charge in [0.1, 0.15) is 0 Å². The molecule has 0 aliphatic heterocycles. The molecule has 0 aromatic heterocycles. The van der Waals surface area contributed by atoms with E-state index in [9.17, 15) is 0 Å². The van der Waals surface area contributed by atoms with E-state index >= 15 is 0 Å². The Kier molecular flexibility index (Phi) is 6.40. The molecule has 0 saturated heterocycles. The van der Waals surface area contributed by atoms with Gasteiger partial charge >= 0.3 is 0 Å². The van der Waals surface area contributed by atoms with Gasteiger partial charge < -0.3 is 0 Å². The monoisotopic (exact) mass is 148 g/mol. The van der Waals surface area contributed by atoms with Gasteiger partial charge in [-0.2, -0.15) is 0 Å². The predicted octanol–water partition coefficient (Wildman–Crippen LogP) is 3.64. The molecule has 11 heavy (non-hydrogen) atoms. The fourth-order valence-electron chi connectivity index (χ4n) is 0.622. The summed E-state index contributed by atoms with van der Waals surface area (Å²) in [4.78, 5) is 0. The van der Waals surface area contributed by atoms with Crippen molar-refractivity contribution >= 4 is 0 Å². The molecule has 0 aromatic rings. The maximum atomic E-state index is 2.08. The fraction of sp³-hybridized carbons (Fsp3) is 0.273. The van der Waals surface area contributed by atoms with Gasteiger partial charge in [0, 0.05) is 0 Å². The molecule has 0 N–H and O–H groups in total. The van der Waals surface area contributed by atoms with Gasteiger partial charge in [-0.1, -0.05) is 48.1 Å². The van der Waals surface area contributed by atoms with Crippen molar-refractivity contribution in [1.29, 1.82) is 0 Å². The maximum Gasteiger partial charge on any atom is -0.0398 e. The fourth-order valence-corrected chi connectivity index (χ4v) is 0.622. The van der Waals surface area contributed by atoms with Gasteiger partial charge in [-0.25, -0.2) is 0 Å². The molecule has 0 amide bonds. The molecular formula is C11H16. The molecular weight excluding hydrogens is 132 g/mol. The lowest BCUT2D eigenvalue weighted by Crippen LogP contribution is -1.63. The third kappa shape index (κ3) is 6.85. The lowest BCUT2D eigenvalue weighted by atomic mass is 10.2. The third-order valence-electron chi connectivity index (χ3n) is 1.21. The first-order valence-electron chi connectivity index (χ1n) is 3.90. The van der Waals surface area contributed by atoms with E-state index in [0.717, 1.165) is 0 Å². The normalized spacial score (nSPS) is 14.3. The van der Waals surface area contributed by atoms with Crippen LogP contribution in [0, 0.1) is 0 Å². The van der Waals surface area contributed by atoms with Crippen LogP contribution in [0.3, 0.4) is 0 Å². The van der Waals surface area contributed by atoms with Crippen LogP contribution in [0.5, 0.6) is 0 Å². The molecule has 0 aliphatic rings. The van der Waals surface area contributed by atoms with Crippen LogP contribution < -0.4 is 0 Å². The van der Waals surface area contributed by atoms with Gasteiger partial charge in [-0.3, -0.25) is 0 Å². The average Bonchev–Trinajstić information content (AvgIpc) is 2.01. The summed E-state index contributed by atoms with van der Waals surface area (Å²) in [5.41, 5.74) is 1.27. The molecule has 0 unspecified atom stereocenters. The quantitative estimate of drug-likeness (QED) is 0.536. The maximum absolute atomic E-state index is 2.08. The van der Waals surface area contributed by atoms with Crippen LogP contribution in [0.15, 0.2) is 48.1 Å². The van der Waals surface area contributed by atoms with Crippen molar-refractivity contribution in [2.24, 2.45) is 0 Å². The van der Waals surface area contributed by atoms with Gasteiger partial charge in [0.2, 0.25) is 0 Å². The SMILES string of the molecule is C\C=C/C=C\C(C)=C\C=C/C. The zero-order valence-corrected chi connectivity index (χ0v) is 7.54. The van der Waals surface area contributed by atoms with E-state index in [-0.39, 0.29) is 0 Å². The topological polar surface area (TPSA) is 0 Å². The van der Waals surface area contributed by atoms with Gasteiger partial charge in [0.15, 0.2) is 0 Å². The summed E-state index contributed by atoms with van der Waals surface area (Å²) >= 11 is 0. The third-order valence-corrected chi connectivity index (χ3v) is 1.21. The van der Waals surface area contributed by atoms with Crippen molar-refractivity contribution in [3.05, 3.63) is 48.1 Å². The lowest BCUT2D eigenvalue weighted by Gasteiger charge is -1.84. The van der Waals surface area contributed by atoms with E-state index < -0.39 is 0 Å². The van der Waals surface area contributed by atoms with Crippen molar-refractivity contribution in [3.63, 3.8) is 0 Å². The highest BCUT2D eigenvalue weighted by molar-refractivity contribution is 5.23. The molecule has 0 heterocycles. The van der Waals surface area contributed by atoms with Crippen LogP contribution in [-0.2, 0) is 0 Å². The molecule has 0 radical (unpaired) electrons. The smallest absolute Gasteiger partial charge is 0.0398 e. The van der Waals surface area contributed by atoms with Crippen LogP contribution in [-0.4, -0.2) is 0 Å². The van der Waals surface area contributed by atoms with E-state index in [1.165, 1.54) is 5.57 Å². The Morgan fingerprint density at radius 3 is 2.09 bits per heavy atom. The Hall–Kier alpha value is -1.04. The summed E-state index contributed by atoms with van der Waals surface area (Å²) in [6, 6.07) is 0. The second kappa shape index (κ2) is 7.07. The van der Waals surface area contributed by atoms with Gasteiger partial charge in [-0.05, 0) is 20.8 Å². The first kappa shape index (κ1) is 9.96. The van der Waals surface area contributed by atoms with Gasteiger partial charge in [0.25, 0.3) is 0 Å². The van der Waals surface area contributed by atoms with Crippen LogP contribution >= 0.6 is 0 Å². The van der Waals surface area contributed by atoms with Crippen LogP contribution in [0.1, 0.15) is 20.8 Å². The van der Waals surface area contributed by atoms with Crippen LogP contribution in [0.4, 0.5) is 0 Å². The van der Waals surface area contributed by atoms with Crippen molar-refractivity contribution in [1.82, 2.24) is 0 Å². The molecule has 0 bridgehead atoms. The number of hydrogen-bond acceptors (Lipinski definition) is 0. The van der Waals surface area contributed by atoms with E-state index in [2.05, 4.69) is 19.1 Å². The molecule has 0 nitrogen and oxygen atoms in total. The van der Waals surface area contributed by atoms with Gasteiger partial charge in [0.05, 0.1) is 0 Å². The molecule has 0 atom stereocenters. The van der Waals surface area contributed by atoms with Crippen LogP contribution in [0.2, 0.25) is 0 Å². The number of allylic oxidation sites excluding steroid dienone is 8. The van der Waals surface area contributed by atoms with Crippen LogP contribution in [0.25, 0.3) is 0 Å². The molecule has 0 aliphatic carbocycles. The zero-order chi connectivity index (χ0) is 8.53. The van der Waals surface area contributed by atoms with E-state index in [0.29, 0.717) is 0 Å². The van der Waals surface area contributed by atoms with Crippen molar-refractivity contribution in [3.8, 4) is 0 Å². The van der Waals surface area contributed by atoms with E-state index in [4.69, 9.17) is 0 Å². The second-order valence-corrected chi connectivity index (χ2v) is 2.32. The van der Waals surface area contributed by atoms with E-state index in [1.54, 1.807) is 0 Å².